The van der Waals surface area contributed by atoms with Crippen LogP contribution in [0.15, 0.2) is 54.9 Å². The zero-order valence-corrected chi connectivity index (χ0v) is 14.3. The fourth-order valence-corrected chi connectivity index (χ4v) is 2.51. The molecule has 0 aliphatic heterocycles. The second-order valence-corrected chi connectivity index (χ2v) is 5.88. The van der Waals surface area contributed by atoms with Crippen molar-refractivity contribution in [1.29, 1.82) is 0 Å². The molecule has 27 heavy (non-hydrogen) atoms. The van der Waals surface area contributed by atoms with Crippen LogP contribution >= 0.6 is 0 Å². The predicted octanol–water partition coefficient (Wildman–Crippen LogP) is 3.33. The molecule has 1 aromatic heterocycles. The Morgan fingerprint density at radius 1 is 1.00 bits per heavy atom. The third kappa shape index (κ3) is 5.10. The van der Waals surface area contributed by atoms with Gasteiger partial charge in [0.05, 0.1) is 6.20 Å². The van der Waals surface area contributed by atoms with Gasteiger partial charge in [0.2, 0.25) is 0 Å². The van der Waals surface area contributed by atoms with Gasteiger partial charge < -0.3 is 10.6 Å². The number of aromatic nitrogens is 2. The monoisotopic (exact) mass is 374 g/mol. The Balaban J connectivity index is 1.47. The summed E-state index contributed by atoms with van der Waals surface area (Å²) >= 11 is 0. The van der Waals surface area contributed by atoms with Crippen LogP contribution in [0.3, 0.4) is 0 Å². The molecule has 8 heteroatoms. The summed E-state index contributed by atoms with van der Waals surface area (Å²) in [6.07, 6.45) is 3.53. The van der Waals surface area contributed by atoms with Crippen molar-refractivity contribution in [3.05, 3.63) is 83.4 Å². The number of amides is 2. The molecule has 0 spiro atoms. The molecule has 0 bridgehead atoms. The van der Waals surface area contributed by atoms with Gasteiger partial charge in [0.1, 0.15) is 17.3 Å². The van der Waals surface area contributed by atoms with E-state index >= 15 is 0 Å². The Kier molecular flexibility index (Phi) is 5.75. The fraction of sp³-hybridized carbons (Fsp3) is 0.158. The summed E-state index contributed by atoms with van der Waals surface area (Å²) in [5, 5.41) is 9.34. The summed E-state index contributed by atoms with van der Waals surface area (Å²) in [4.78, 5) is 11.8. The van der Waals surface area contributed by atoms with Gasteiger partial charge in [-0.3, -0.25) is 0 Å². The lowest BCUT2D eigenvalue weighted by Gasteiger charge is -2.07. The van der Waals surface area contributed by atoms with Crippen LogP contribution in [0.2, 0.25) is 0 Å². The lowest BCUT2D eigenvalue weighted by atomic mass is 10.1. The molecule has 0 unspecified atom stereocenters. The molecule has 0 radical (unpaired) electrons. The van der Waals surface area contributed by atoms with Crippen molar-refractivity contribution in [3.63, 3.8) is 0 Å². The number of halogens is 3. The maximum absolute atomic E-state index is 13.8. The second kappa shape index (κ2) is 8.39. The average Bonchev–Trinajstić information content (AvgIpc) is 3.09. The first-order valence-corrected chi connectivity index (χ1v) is 8.26. The van der Waals surface area contributed by atoms with Gasteiger partial charge in [-0.25, -0.2) is 22.6 Å². The highest BCUT2D eigenvalue weighted by Crippen LogP contribution is 2.14. The minimum atomic E-state index is -0.729. The van der Waals surface area contributed by atoms with Crippen LogP contribution in [0.4, 0.5) is 18.0 Å². The molecule has 2 N–H and O–H groups in total. The summed E-state index contributed by atoms with van der Waals surface area (Å²) < 4.78 is 41.1. The Hall–Kier alpha value is -3.29. The SMILES string of the molecule is O=C(NCCc1cccc(F)c1)NCc1cnn(-c2ccc(F)cc2F)c1. The molecule has 0 fully saturated rings. The number of hydrogen-bond acceptors (Lipinski definition) is 2. The molecule has 2 aromatic carbocycles. The van der Waals surface area contributed by atoms with Gasteiger partial charge in [-0.15, -0.1) is 0 Å². The van der Waals surface area contributed by atoms with Gasteiger partial charge in [0.25, 0.3) is 0 Å². The van der Waals surface area contributed by atoms with Crippen molar-refractivity contribution < 1.29 is 18.0 Å². The number of urea groups is 1. The van der Waals surface area contributed by atoms with Crippen LogP contribution in [-0.4, -0.2) is 22.4 Å². The largest absolute Gasteiger partial charge is 0.338 e. The quantitative estimate of drug-likeness (QED) is 0.695. The van der Waals surface area contributed by atoms with E-state index in [9.17, 15) is 18.0 Å². The molecule has 1 heterocycles. The predicted molar refractivity (Wildman–Crippen MR) is 93.8 cm³/mol. The van der Waals surface area contributed by atoms with Crippen molar-refractivity contribution in [2.24, 2.45) is 0 Å². The number of nitrogens with zero attached hydrogens (tertiary/aromatic N) is 2. The van der Waals surface area contributed by atoms with E-state index in [1.165, 1.54) is 29.1 Å². The van der Waals surface area contributed by atoms with Gasteiger partial charge >= 0.3 is 6.03 Å². The first kappa shape index (κ1) is 18.5. The van der Waals surface area contributed by atoms with Crippen LogP contribution < -0.4 is 10.6 Å². The first-order chi connectivity index (χ1) is 13.0. The van der Waals surface area contributed by atoms with Crippen molar-refractivity contribution in [2.45, 2.75) is 13.0 Å². The highest BCUT2D eigenvalue weighted by Gasteiger charge is 2.08. The van der Waals surface area contributed by atoms with Gasteiger partial charge in [0.15, 0.2) is 5.82 Å². The van der Waals surface area contributed by atoms with E-state index in [4.69, 9.17) is 0 Å². The van der Waals surface area contributed by atoms with Crippen molar-refractivity contribution in [3.8, 4) is 5.69 Å². The number of carbonyl (C=O) groups is 1. The van der Waals surface area contributed by atoms with E-state index in [-0.39, 0.29) is 24.1 Å². The zero-order chi connectivity index (χ0) is 19.2. The van der Waals surface area contributed by atoms with E-state index < -0.39 is 11.6 Å². The average molecular weight is 374 g/mol. The highest BCUT2D eigenvalue weighted by atomic mass is 19.1. The summed E-state index contributed by atoms with van der Waals surface area (Å²) in [7, 11) is 0. The second-order valence-electron chi connectivity index (χ2n) is 5.88. The van der Waals surface area contributed by atoms with Crippen molar-refractivity contribution in [2.75, 3.05) is 6.54 Å². The molecule has 140 valence electrons. The molecule has 0 atom stereocenters. The number of nitrogens with one attached hydrogen (secondary N) is 2. The van der Waals surface area contributed by atoms with Crippen LogP contribution in [0.25, 0.3) is 5.69 Å². The minimum absolute atomic E-state index is 0.113. The fourth-order valence-electron chi connectivity index (χ4n) is 2.51. The molecular weight excluding hydrogens is 357 g/mol. The van der Waals surface area contributed by atoms with Crippen molar-refractivity contribution in [1.82, 2.24) is 20.4 Å². The molecule has 2 amide bonds. The van der Waals surface area contributed by atoms with Crippen LogP contribution in [0.5, 0.6) is 0 Å². The van der Waals surface area contributed by atoms with E-state index in [0.29, 0.717) is 18.5 Å². The molecule has 5 nitrogen and oxygen atoms in total. The van der Waals surface area contributed by atoms with Crippen LogP contribution in [0, 0.1) is 17.5 Å². The molecular formula is C19H17F3N4O. The Morgan fingerprint density at radius 2 is 1.81 bits per heavy atom. The van der Waals surface area contributed by atoms with Gasteiger partial charge in [-0.05, 0) is 36.2 Å². The van der Waals surface area contributed by atoms with E-state index in [1.807, 2.05) is 0 Å². The number of carbonyl (C=O) groups excluding carboxylic acids is 1. The summed E-state index contributed by atoms with van der Waals surface area (Å²) in [5.74, 6) is -1.71. The maximum Gasteiger partial charge on any atom is 0.315 e. The summed E-state index contributed by atoms with van der Waals surface area (Å²) in [5.41, 5.74) is 1.55. The lowest BCUT2D eigenvalue weighted by molar-refractivity contribution is 0.240. The molecule has 0 aliphatic rings. The van der Waals surface area contributed by atoms with Gasteiger partial charge in [-0.2, -0.15) is 5.10 Å². The zero-order valence-electron chi connectivity index (χ0n) is 14.3. The molecule has 0 aliphatic carbocycles. The smallest absolute Gasteiger partial charge is 0.315 e. The van der Waals surface area contributed by atoms with Gasteiger partial charge in [0, 0.05) is 30.9 Å². The lowest BCUT2D eigenvalue weighted by Crippen LogP contribution is -2.36. The van der Waals surface area contributed by atoms with Crippen molar-refractivity contribution >= 4 is 6.03 Å². The summed E-state index contributed by atoms with van der Waals surface area (Å²) in [6.45, 7) is 0.546. The molecule has 0 saturated heterocycles. The third-order valence-electron chi connectivity index (χ3n) is 3.83. The maximum atomic E-state index is 13.8. The molecule has 3 rings (SSSR count). The minimum Gasteiger partial charge on any atom is -0.338 e. The Labute approximate surface area is 153 Å². The van der Waals surface area contributed by atoms with E-state index in [0.717, 1.165) is 17.7 Å². The number of benzene rings is 2. The topological polar surface area (TPSA) is 59.0 Å². The molecule has 3 aromatic rings. The molecule has 0 saturated carbocycles. The standard InChI is InChI=1S/C19H17F3N4O/c20-15-3-1-2-13(8-15)6-7-23-19(27)24-10-14-11-25-26(12-14)18-5-4-16(21)9-17(18)22/h1-5,8-9,11-12H,6-7,10H2,(H2,23,24,27). The van der Waals surface area contributed by atoms with E-state index in [2.05, 4.69) is 15.7 Å². The first-order valence-electron chi connectivity index (χ1n) is 8.26. The third-order valence-corrected chi connectivity index (χ3v) is 3.83. The number of hydrogen-bond donors (Lipinski definition) is 2. The highest BCUT2D eigenvalue weighted by molar-refractivity contribution is 5.73. The Bertz CT molecular complexity index is 942. The Morgan fingerprint density at radius 3 is 2.59 bits per heavy atom. The normalized spacial score (nSPS) is 10.6. The van der Waals surface area contributed by atoms with Gasteiger partial charge in [-0.1, -0.05) is 12.1 Å². The van der Waals surface area contributed by atoms with Crippen LogP contribution in [0.1, 0.15) is 11.1 Å². The summed E-state index contributed by atoms with van der Waals surface area (Å²) in [6, 6.07) is 9.01. The number of rotatable bonds is 6. The van der Waals surface area contributed by atoms with Crippen LogP contribution in [-0.2, 0) is 13.0 Å². The van der Waals surface area contributed by atoms with E-state index in [1.54, 1.807) is 18.3 Å².